The summed E-state index contributed by atoms with van der Waals surface area (Å²) in [6, 6.07) is 9.44. The Morgan fingerprint density at radius 2 is 1.57 bits per heavy atom. The lowest BCUT2D eigenvalue weighted by Crippen LogP contribution is -2.19. The van der Waals surface area contributed by atoms with Crippen LogP contribution >= 0.6 is 12.2 Å². The van der Waals surface area contributed by atoms with Gasteiger partial charge >= 0.3 is 0 Å². The third-order valence-electron chi connectivity index (χ3n) is 3.98. The largest absolute Gasteiger partial charge is 0.359 e. The van der Waals surface area contributed by atoms with Crippen molar-refractivity contribution >= 4 is 28.8 Å². The molecule has 0 spiro atoms. The predicted molar refractivity (Wildman–Crippen MR) is 113 cm³/mol. The molecule has 0 saturated carbocycles. The molecule has 2 aromatic heterocycles. The van der Waals surface area contributed by atoms with Crippen molar-refractivity contribution in [2.45, 2.75) is 52.4 Å². The first kappa shape index (κ1) is 20.0. The van der Waals surface area contributed by atoms with Crippen molar-refractivity contribution in [3.05, 3.63) is 41.9 Å². The summed E-state index contributed by atoms with van der Waals surface area (Å²) < 4.78 is 10.7. The molecule has 0 atom stereocenters. The smallest absolute Gasteiger partial charge is 0.257 e. The molecule has 7 nitrogen and oxygen atoms in total. The zero-order valence-electron chi connectivity index (χ0n) is 17.0. The summed E-state index contributed by atoms with van der Waals surface area (Å²) in [5.41, 5.74) is 1.41. The number of nitrogens with zero attached hydrogens (tertiary/aromatic N) is 3. The van der Waals surface area contributed by atoms with Gasteiger partial charge < -0.3 is 19.7 Å². The van der Waals surface area contributed by atoms with Crippen molar-refractivity contribution in [3.63, 3.8) is 0 Å². The van der Waals surface area contributed by atoms with E-state index in [2.05, 4.69) is 46.7 Å². The Hall–Kier alpha value is -2.74. The van der Waals surface area contributed by atoms with Gasteiger partial charge in [0.2, 0.25) is 0 Å². The Balaban J connectivity index is 1.63. The molecule has 2 N–H and O–H groups in total. The van der Waals surface area contributed by atoms with E-state index in [9.17, 15) is 0 Å². The summed E-state index contributed by atoms with van der Waals surface area (Å²) in [6.45, 7) is 12.3. The van der Waals surface area contributed by atoms with Crippen molar-refractivity contribution in [2.75, 3.05) is 10.6 Å². The SMILES string of the molecule is CC(C)(C)c1noc(-c2ccc(NC(=S)Nc3cc(C(C)(C)C)on3)cc2)n1. The molecule has 0 unspecified atom stereocenters. The number of anilines is 2. The van der Waals surface area contributed by atoms with Gasteiger partial charge in [-0.25, -0.2) is 0 Å². The van der Waals surface area contributed by atoms with E-state index in [0.717, 1.165) is 17.0 Å². The van der Waals surface area contributed by atoms with Crippen molar-refractivity contribution in [1.82, 2.24) is 15.3 Å². The van der Waals surface area contributed by atoms with E-state index in [1.54, 1.807) is 0 Å². The molecule has 0 aliphatic rings. The minimum atomic E-state index is -0.158. The van der Waals surface area contributed by atoms with Crippen LogP contribution < -0.4 is 10.6 Å². The number of aromatic nitrogens is 3. The summed E-state index contributed by atoms with van der Waals surface area (Å²) in [5, 5.41) is 14.6. The van der Waals surface area contributed by atoms with Crippen LogP contribution in [0.3, 0.4) is 0 Å². The first-order valence-corrected chi connectivity index (χ1v) is 9.43. The van der Waals surface area contributed by atoms with Crippen LogP contribution in [0.4, 0.5) is 11.5 Å². The average molecular weight is 400 g/mol. The highest BCUT2D eigenvalue weighted by atomic mass is 32.1. The second kappa shape index (κ2) is 7.35. The van der Waals surface area contributed by atoms with Crippen LogP contribution in [0.25, 0.3) is 11.5 Å². The molecule has 148 valence electrons. The molecule has 0 bridgehead atoms. The maximum atomic E-state index is 5.37. The summed E-state index contributed by atoms with van der Waals surface area (Å²) >= 11 is 5.35. The van der Waals surface area contributed by atoms with Gasteiger partial charge in [-0.05, 0) is 36.5 Å². The van der Waals surface area contributed by atoms with Crippen LogP contribution in [-0.2, 0) is 10.8 Å². The van der Waals surface area contributed by atoms with Crippen LogP contribution in [-0.4, -0.2) is 20.4 Å². The number of thiocarbonyl (C=S) groups is 1. The second-order valence-electron chi connectivity index (χ2n) is 8.66. The standard InChI is InChI=1S/C20H25N5O2S/c1-19(2,3)14-11-15(24-26-14)22-18(28)21-13-9-7-12(8-10-13)16-23-17(25-27-16)20(4,5)6/h7-11H,1-6H3,(H2,21,22,24,28). The highest BCUT2D eigenvalue weighted by molar-refractivity contribution is 7.80. The van der Waals surface area contributed by atoms with Gasteiger partial charge in [0.25, 0.3) is 5.89 Å². The van der Waals surface area contributed by atoms with E-state index < -0.39 is 0 Å². The third kappa shape index (κ3) is 4.75. The lowest BCUT2D eigenvalue weighted by atomic mass is 9.93. The molecule has 0 radical (unpaired) electrons. The van der Waals surface area contributed by atoms with Crippen molar-refractivity contribution in [3.8, 4) is 11.5 Å². The molecular weight excluding hydrogens is 374 g/mol. The molecule has 0 amide bonds. The molecule has 0 fully saturated rings. The van der Waals surface area contributed by atoms with Gasteiger partial charge in [-0.2, -0.15) is 4.98 Å². The van der Waals surface area contributed by atoms with Gasteiger partial charge in [0.15, 0.2) is 16.8 Å². The van der Waals surface area contributed by atoms with Crippen molar-refractivity contribution in [2.24, 2.45) is 0 Å². The molecule has 0 saturated heterocycles. The van der Waals surface area contributed by atoms with Gasteiger partial charge in [0.05, 0.1) is 0 Å². The molecule has 0 aliphatic heterocycles. The summed E-state index contributed by atoms with van der Waals surface area (Å²) in [7, 11) is 0. The lowest BCUT2D eigenvalue weighted by molar-refractivity contribution is 0.331. The van der Waals surface area contributed by atoms with Crippen LogP contribution in [0.15, 0.2) is 39.4 Å². The van der Waals surface area contributed by atoms with Gasteiger partial charge in [0, 0.05) is 28.1 Å². The van der Waals surface area contributed by atoms with Crippen LogP contribution in [0.1, 0.15) is 53.1 Å². The zero-order valence-corrected chi connectivity index (χ0v) is 17.8. The normalized spacial score (nSPS) is 12.1. The number of rotatable bonds is 3. The third-order valence-corrected chi connectivity index (χ3v) is 4.18. The predicted octanol–water partition coefficient (Wildman–Crippen LogP) is 5.13. The average Bonchev–Trinajstić information content (AvgIpc) is 3.24. The molecule has 28 heavy (non-hydrogen) atoms. The van der Waals surface area contributed by atoms with Crippen molar-refractivity contribution < 1.29 is 9.05 Å². The maximum Gasteiger partial charge on any atom is 0.257 e. The number of hydrogen-bond acceptors (Lipinski definition) is 6. The van der Waals surface area contributed by atoms with Crippen molar-refractivity contribution in [1.29, 1.82) is 0 Å². The lowest BCUT2D eigenvalue weighted by Gasteiger charge is -2.12. The molecule has 8 heteroatoms. The maximum absolute atomic E-state index is 5.37. The Morgan fingerprint density at radius 1 is 0.893 bits per heavy atom. The monoisotopic (exact) mass is 399 g/mol. The number of hydrogen-bond donors (Lipinski definition) is 2. The van der Waals surface area contributed by atoms with Gasteiger partial charge in [-0.3, -0.25) is 0 Å². The van der Waals surface area contributed by atoms with E-state index in [0.29, 0.717) is 22.6 Å². The molecule has 2 heterocycles. The van der Waals surface area contributed by atoms with Gasteiger partial charge in [-0.1, -0.05) is 51.9 Å². The fourth-order valence-corrected chi connectivity index (χ4v) is 2.53. The Labute approximate surface area is 169 Å². The topological polar surface area (TPSA) is 89.0 Å². The summed E-state index contributed by atoms with van der Waals surface area (Å²) in [6.07, 6.45) is 0. The first-order chi connectivity index (χ1) is 13.0. The molecular formula is C20H25N5O2S. The second-order valence-corrected chi connectivity index (χ2v) is 9.06. The van der Waals surface area contributed by atoms with E-state index in [4.69, 9.17) is 21.3 Å². The number of nitrogens with one attached hydrogen (secondary N) is 2. The van der Waals surface area contributed by atoms with E-state index in [1.807, 2.05) is 51.1 Å². The van der Waals surface area contributed by atoms with Gasteiger partial charge in [0.1, 0.15) is 5.76 Å². The van der Waals surface area contributed by atoms with Crippen LogP contribution in [0.5, 0.6) is 0 Å². The number of benzene rings is 1. The Morgan fingerprint density at radius 3 is 2.11 bits per heavy atom. The van der Waals surface area contributed by atoms with E-state index in [-0.39, 0.29) is 10.8 Å². The summed E-state index contributed by atoms with van der Waals surface area (Å²) in [4.78, 5) is 4.47. The van der Waals surface area contributed by atoms with E-state index in [1.165, 1.54) is 0 Å². The summed E-state index contributed by atoms with van der Waals surface area (Å²) in [5.74, 6) is 2.53. The molecule has 3 aromatic rings. The minimum Gasteiger partial charge on any atom is -0.359 e. The Bertz CT molecular complexity index is 962. The first-order valence-electron chi connectivity index (χ1n) is 9.02. The zero-order chi connectivity index (χ0) is 20.5. The fourth-order valence-electron chi connectivity index (χ4n) is 2.31. The van der Waals surface area contributed by atoms with Gasteiger partial charge in [-0.15, -0.1) is 0 Å². The van der Waals surface area contributed by atoms with E-state index >= 15 is 0 Å². The molecule has 1 aromatic carbocycles. The van der Waals surface area contributed by atoms with Crippen LogP contribution in [0, 0.1) is 0 Å². The minimum absolute atomic E-state index is 0.112. The highest BCUT2D eigenvalue weighted by Crippen LogP contribution is 2.26. The quantitative estimate of drug-likeness (QED) is 0.586. The van der Waals surface area contributed by atoms with Crippen LogP contribution in [0.2, 0.25) is 0 Å². The molecule has 0 aliphatic carbocycles. The fraction of sp³-hybridized carbons (Fsp3) is 0.400. The highest BCUT2D eigenvalue weighted by Gasteiger charge is 2.22. The Kier molecular flexibility index (Phi) is 5.25. The molecule has 3 rings (SSSR count).